The zero-order chi connectivity index (χ0) is 17.3. The highest BCUT2D eigenvalue weighted by Crippen LogP contribution is 2.26. The maximum absolute atomic E-state index is 12.5. The monoisotopic (exact) mass is 319 g/mol. The molecule has 0 atom stereocenters. The molecule has 0 fully saturated rings. The van der Waals surface area contributed by atoms with Gasteiger partial charge < -0.3 is 0 Å². The Hall–Kier alpha value is -3.01. The smallest absolute Gasteiger partial charge is 0.261 e. The predicted octanol–water partition coefficient (Wildman–Crippen LogP) is 3.26. The number of hydrogen-bond acceptors (Lipinski definition) is 3. The van der Waals surface area contributed by atoms with E-state index in [-0.39, 0.29) is 18.4 Å². The van der Waals surface area contributed by atoms with E-state index in [0.717, 1.165) is 27.9 Å². The molecule has 0 bridgehead atoms. The van der Waals surface area contributed by atoms with Crippen LogP contribution in [0.4, 0.5) is 0 Å². The van der Waals surface area contributed by atoms with Gasteiger partial charge in [-0.25, -0.2) is 0 Å². The largest absolute Gasteiger partial charge is 0.298 e. The first kappa shape index (κ1) is 15.9. The van der Waals surface area contributed by atoms with Crippen LogP contribution in [0.1, 0.15) is 38.8 Å². The van der Waals surface area contributed by atoms with E-state index in [1.807, 2.05) is 38.1 Å². The molecular formula is C20H17NO3. The molecule has 0 aliphatic carbocycles. The maximum atomic E-state index is 12.5. The average Bonchev–Trinajstić information content (AvgIpc) is 2.84. The van der Waals surface area contributed by atoms with Gasteiger partial charge in [0.15, 0.2) is 0 Å². The summed E-state index contributed by atoms with van der Waals surface area (Å²) in [5, 5.41) is 0. The number of carbonyl (C=O) groups excluding carboxylic acids is 3. The van der Waals surface area contributed by atoms with Gasteiger partial charge in [-0.05, 0) is 42.7 Å². The highest BCUT2D eigenvalue weighted by molar-refractivity contribution is 6.21. The Kier molecular flexibility index (Phi) is 4.13. The Bertz CT molecular complexity index is 845. The Morgan fingerprint density at radius 1 is 0.958 bits per heavy atom. The normalized spacial score (nSPS) is 14.5. The number of allylic oxidation sites excluding steroid dienone is 1. The summed E-state index contributed by atoms with van der Waals surface area (Å²) in [5.41, 5.74) is 3.97. The molecule has 0 saturated carbocycles. The third-order valence-electron chi connectivity index (χ3n) is 4.38. The molecule has 2 amide bonds. The lowest BCUT2D eigenvalue weighted by molar-refractivity contribution is -0.105. The third kappa shape index (κ3) is 2.56. The van der Waals surface area contributed by atoms with Gasteiger partial charge in [-0.2, -0.15) is 0 Å². The number of fused-ring (bicyclic) bond motifs is 1. The lowest BCUT2D eigenvalue weighted by Crippen LogP contribution is -2.32. The highest BCUT2D eigenvalue weighted by Gasteiger charge is 2.35. The molecule has 0 N–H and O–H groups in total. The summed E-state index contributed by atoms with van der Waals surface area (Å²) in [7, 11) is 0. The predicted molar refractivity (Wildman–Crippen MR) is 91.6 cm³/mol. The minimum atomic E-state index is -0.354. The maximum Gasteiger partial charge on any atom is 0.261 e. The van der Waals surface area contributed by atoms with Crippen LogP contribution in [-0.4, -0.2) is 29.5 Å². The van der Waals surface area contributed by atoms with Gasteiger partial charge in [-0.15, -0.1) is 0 Å². The summed E-state index contributed by atoms with van der Waals surface area (Å²) < 4.78 is 0. The molecular weight excluding hydrogens is 302 g/mol. The van der Waals surface area contributed by atoms with Crippen LogP contribution in [0.15, 0.2) is 54.1 Å². The number of carbonyl (C=O) groups is 3. The minimum absolute atomic E-state index is 0.0178. The van der Waals surface area contributed by atoms with Gasteiger partial charge in [0.1, 0.15) is 6.29 Å². The molecule has 2 aromatic carbocycles. The van der Waals surface area contributed by atoms with Crippen molar-refractivity contribution in [2.24, 2.45) is 0 Å². The molecule has 1 aliphatic heterocycles. The zero-order valence-electron chi connectivity index (χ0n) is 13.6. The second-order valence-electron chi connectivity index (χ2n) is 5.83. The summed E-state index contributed by atoms with van der Waals surface area (Å²) in [6, 6.07) is 14.4. The highest BCUT2D eigenvalue weighted by atomic mass is 16.2. The summed E-state index contributed by atoms with van der Waals surface area (Å²) in [6.45, 7) is 3.78. The fourth-order valence-electron chi connectivity index (χ4n) is 2.96. The third-order valence-corrected chi connectivity index (χ3v) is 4.38. The van der Waals surface area contributed by atoms with Crippen molar-refractivity contribution in [2.75, 3.05) is 6.54 Å². The van der Waals surface area contributed by atoms with Crippen LogP contribution in [-0.2, 0) is 4.79 Å². The molecule has 4 nitrogen and oxygen atoms in total. The van der Waals surface area contributed by atoms with Crippen molar-refractivity contribution in [3.63, 3.8) is 0 Å². The number of amides is 2. The quantitative estimate of drug-likeness (QED) is 0.494. The topological polar surface area (TPSA) is 54.5 Å². The first-order valence-corrected chi connectivity index (χ1v) is 7.70. The van der Waals surface area contributed by atoms with E-state index in [1.54, 1.807) is 24.3 Å². The second kappa shape index (κ2) is 6.24. The lowest BCUT2D eigenvalue weighted by atomic mass is 9.97. The molecule has 0 radical (unpaired) electrons. The van der Waals surface area contributed by atoms with E-state index in [4.69, 9.17) is 0 Å². The number of rotatable bonds is 4. The molecule has 120 valence electrons. The van der Waals surface area contributed by atoms with Crippen LogP contribution in [0.3, 0.4) is 0 Å². The Labute approximate surface area is 140 Å². The van der Waals surface area contributed by atoms with Gasteiger partial charge in [0, 0.05) is 5.57 Å². The van der Waals surface area contributed by atoms with Gasteiger partial charge in [-0.3, -0.25) is 19.3 Å². The van der Waals surface area contributed by atoms with E-state index in [9.17, 15) is 14.4 Å². The van der Waals surface area contributed by atoms with Gasteiger partial charge in [-0.1, -0.05) is 36.4 Å². The van der Waals surface area contributed by atoms with Crippen molar-refractivity contribution in [2.45, 2.75) is 13.8 Å². The number of benzene rings is 2. The molecule has 24 heavy (non-hydrogen) atoms. The van der Waals surface area contributed by atoms with Gasteiger partial charge in [0.25, 0.3) is 11.8 Å². The molecule has 1 aliphatic rings. The van der Waals surface area contributed by atoms with Crippen molar-refractivity contribution in [3.05, 3.63) is 76.4 Å². The molecule has 1 heterocycles. The molecule has 4 heteroatoms. The first-order valence-electron chi connectivity index (χ1n) is 7.70. The Balaban J connectivity index is 1.97. The fraction of sp³-hybridized carbons (Fsp3) is 0.150. The fourth-order valence-corrected chi connectivity index (χ4v) is 2.96. The van der Waals surface area contributed by atoms with E-state index < -0.39 is 0 Å². The van der Waals surface area contributed by atoms with E-state index >= 15 is 0 Å². The molecule has 0 spiro atoms. The van der Waals surface area contributed by atoms with Gasteiger partial charge in [0.2, 0.25) is 0 Å². The van der Waals surface area contributed by atoms with Crippen molar-refractivity contribution < 1.29 is 14.4 Å². The van der Waals surface area contributed by atoms with Crippen molar-refractivity contribution >= 4 is 23.7 Å². The van der Waals surface area contributed by atoms with Crippen LogP contribution >= 0.6 is 0 Å². The summed E-state index contributed by atoms with van der Waals surface area (Å²) >= 11 is 0. The van der Waals surface area contributed by atoms with Crippen LogP contribution in [0.5, 0.6) is 0 Å². The molecule has 0 unspecified atom stereocenters. The van der Waals surface area contributed by atoms with Crippen LogP contribution < -0.4 is 0 Å². The Morgan fingerprint density at radius 2 is 1.50 bits per heavy atom. The zero-order valence-corrected chi connectivity index (χ0v) is 13.6. The van der Waals surface area contributed by atoms with Crippen LogP contribution in [0.25, 0.3) is 5.57 Å². The second-order valence-corrected chi connectivity index (χ2v) is 5.83. The van der Waals surface area contributed by atoms with Crippen LogP contribution in [0, 0.1) is 6.92 Å². The number of hydrogen-bond donors (Lipinski definition) is 0. The average molecular weight is 319 g/mol. The number of aldehydes is 1. The van der Waals surface area contributed by atoms with Gasteiger partial charge in [0.05, 0.1) is 17.7 Å². The van der Waals surface area contributed by atoms with Gasteiger partial charge >= 0.3 is 0 Å². The molecule has 0 saturated heterocycles. The van der Waals surface area contributed by atoms with E-state index in [2.05, 4.69) is 0 Å². The number of imide groups is 1. The minimum Gasteiger partial charge on any atom is -0.298 e. The number of aryl methyl sites for hydroxylation is 1. The number of nitrogens with zero attached hydrogens (tertiary/aromatic N) is 1. The molecule has 3 rings (SSSR count). The standard InChI is InChI=1S/C20H17NO3/c1-13-7-3-4-8-16(13)14(2)15(12-22)11-21-19(23)17-9-5-6-10-18(17)20(21)24/h3-10,12H,11H2,1-2H3/b15-14-. The van der Waals surface area contributed by atoms with E-state index in [0.29, 0.717) is 16.7 Å². The summed E-state index contributed by atoms with van der Waals surface area (Å²) in [5.74, 6) is -0.708. The van der Waals surface area contributed by atoms with Crippen LogP contribution in [0.2, 0.25) is 0 Å². The molecule has 2 aromatic rings. The summed E-state index contributed by atoms with van der Waals surface area (Å²) in [4.78, 5) is 37.6. The lowest BCUT2D eigenvalue weighted by Gasteiger charge is -2.16. The Morgan fingerprint density at radius 3 is 2.04 bits per heavy atom. The van der Waals surface area contributed by atoms with Crippen molar-refractivity contribution in [3.8, 4) is 0 Å². The van der Waals surface area contributed by atoms with E-state index in [1.165, 1.54) is 0 Å². The summed E-state index contributed by atoms with van der Waals surface area (Å²) in [6.07, 6.45) is 0.728. The van der Waals surface area contributed by atoms with Crippen molar-refractivity contribution in [1.82, 2.24) is 4.90 Å². The van der Waals surface area contributed by atoms with Crippen molar-refractivity contribution in [1.29, 1.82) is 0 Å². The SMILES string of the molecule is C/C(=C(/C=O)CN1C(=O)c2ccccc2C1=O)c1ccccc1C. The molecule has 0 aromatic heterocycles. The first-order chi connectivity index (χ1) is 11.5.